The fourth-order valence-corrected chi connectivity index (χ4v) is 3.71. The smallest absolute Gasteiger partial charge is 0.197 e. The van der Waals surface area contributed by atoms with Crippen LogP contribution in [0, 0.1) is 0 Å². The second-order valence-corrected chi connectivity index (χ2v) is 7.15. The number of para-hydroxylation sites is 2. The minimum absolute atomic E-state index is 0.0167. The fourth-order valence-electron chi connectivity index (χ4n) is 3.45. The number of halogens is 1. The van der Waals surface area contributed by atoms with Crippen LogP contribution >= 0.6 is 15.9 Å². The molecule has 2 heterocycles. The quantitative estimate of drug-likeness (QED) is 0.394. The number of rotatable bonds is 1. The Labute approximate surface area is 157 Å². The van der Waals surface area contributed by atoms with Gasteiger partial charge in [-0.15, -0.1) is 0 Å². The third kappa shape index (κ3) is 2.26. The van der Waals surface area contributed by atoms with E-state index in [1.165, 1.54) is 0 Å². The van der Waals surface area contributed by atoms with Gasteiger partial charge in [0.2, 0.25) is 0 Å². The summed E-state index contributed by atoms with van der Waals surface area (Å²) in [4.78, 5) is 21.7. The van der Waals surface area contributed by atoms with Crippen LogP contribution in [0.2, 0.25) is 0 Å². The predicted octanol–water partition coefficient (Wildman–Crippen LogP) is 5.66. The lowest BCUT2D eigenvalue weighted by Gasteiger charge is -2.00. The summed E-state index contributed by atoms with van der Waals surface area (Å²) in [5.41, 5.74) is 4.78. The molecule has 0 fully saturated rings. The number of nitrogens with zero attached hydrogens (tertiary/aromatic N) is 1. The summed E-state index contributed by atoms with van der Waals surface area (Å²) >= 11 is 3.47. The van der Waals surface area contributed by atoms with E-state index >= 15 is 0 Å². The largest absolute Gasteiger partial charge is 0.353 e. The Balaban J connectivity index is 2.08. The molecule has 5 aromatic rings. The van der Waals surface area contributed by atoms with Crippen LogP contribution in [0.1, 0.15) is 0 Å². The summed E-state index contributed by atoms with van der Waals surface area (Å²) in [6.45, 7) is 0. The van der Waals surface area contributed by atoms with Gasteiger partial charge in [-0.25, -0.2) is 4.98 Å². The number of nitrogens with one attached hydrogen (secondary N) is 1. The number of hydrogen-bond donors (Lipinski definition) is 1. The molecule has 0 bridgehead atoms. The van der Waals surface area contributed by atoms with Gasteiger partial charge in [0.15, 0.2) is 5.43 Å². The molecule has 4 heteroatoms. The molecule has 0 radical (unpaired) electrons. The highest BCUT2D eigenvalue weighted by Crippen LogP contribution is 2.31. The summed E-state index contributed by atoms with van der Waals surface area (Å²) in [5.74, 6) is 0. The first-order valence-corrected chi connectivity index (χ1v) is 9.11. The molecule has 0 amide bonds. The molecule has 0 aliphatic rings. The first kappa shape index (κ1) is 15.3. The van der Waals surface area contributed by atoms with E-state index < -0.39 is 0 Å². The van der Waals surface area contributed by atoms with Gasteiger partial charge >= 0.3 is 0 Å². The van der Waals surface area contributed by atoms with E-state index in [9.17, 15) is 4.79 Å². The average Bonchev–Trinajstić information content (AvgIpc) is 2.96. The van der Waals surface area contributed by atoms with Gasteiger partial charge in [-0.05, 0) is 35.9 Å². The van der Waals surface area contributed by atoms with Crippen molar-refractivity contribution in [2.75, 3.05) is 0 Å². The maximum absolute atomic E-state index is 13.4. The van der Waals surface area contributed by atoms with Crippen molar-refractivity contribution in [1.29, 1.82) is 0 Å². The molecule has 124 valence electrons. The zero-order valence-electron chi connectivity index (χ0n) is 13.7. The third-order valence-electron chi connectivity index (χ3n) is 4.67. The standard InChI is InChI=1S/C22H13BrN2O/c23-14-11-9-13(10-12-14)19-21-20(15-5-1-3-7-17(15)25-21)24-18-8-4-2-6-16(18)22(19)26/h1-12,25H. The highest BCUT2D eigenvalue weighted by atomic mass is 79.9. The number of aromatic amines is 1. The molecule has 0 saturated heterocycles. The SMILES string of the molecule is O=c1c(-c2ccc(Br)cc2)c2[nH]c3ccccc3c2nc2ccccc12. The Morgan fingerprint density at radius 3 is 2.31 bits per heavy atom. The van der Waals surface area contributed by atoms with E-state index in [-0.39, 0.29) is 5.43 Å². The summed E-state index contributed by atoms with van der Waals surface area (Å²) in [5, 5.41) is 1.64. The van der Waals surface area contributed by atoms with E-state index in [0.29, 0.717) is 16.5 Å². The molecule has 0 unspecified atom stereocenters. The second-order valence-electron chi connectivity index (χ2n) is 6.23. The molecular weight excluding hydrogens is 388 g/mol. The van der Waals surface area contributed by atoms with Crippen LogP contribution < -0.4 is 5.43 Å². The summed E-state index contributed by atoms with van der Waals surface area (Å²) in [6, 6.07) is 23.4. The Morgan fingerprint density at radius 1 is 0.808 bits per heavy atom. The van der Waals surface area contributed by atoms with Gasteiger partial charge < -0.3 is 4.98 Å². The summed E-state index contributed by atoms with van der Waals surface area (Å²) < 4.78 is 0.977. The van der Waals surface area contributed by atoms with Gasteiger partial charge in [-0.2, -0.15) is 0 Å². The Morgan fingerprint density at radius 2 is 1.50 bits per heavy atom. The van der Waals surface area contributed by atoms with Gasteiger partial charge in [0, 0.05) is 20.8 Å². The number of aromatic nitrogens is 2. The van der Waals surface area contributed by atoms with Gasteiger partial charge in [0.05, 0.1) is 22.1 Å². The molecule has 3 nitrogen and oxygen atoms in total. The minimum Gasteiger partial charge on any atom is -0.353 e. The van der Waals surface area contributed by atoms with Crippen LogP contribution in [0.25, 0.3) is 44.0 Å². The van der Waals surface area contributed by atoms with Crippen LogP contribution in [-0.2, 0) is 0 Å². The zero-order chi connectivity index (χ0) is 17.7. The van der Waals surface area contributed by atoms with Gasteiger partial charge in [-0.1, -0.05) is 58.4 Å². The molecule has 26 heavy (non-hydrogen) atoms. The normalized spacial score (nSPS) is 11.4. The molecule has 0 atom stereocenters. The average molecular weight is 401 g/mol. The molecule has 1 N–H and O–H groups in total. The monoisotopic (exact) mass is 400 g/mol. The minimum atomic E-state index is -0.0167. The second kappa shape index (κ2) is 5.78. The number of fused-ring (bicyclic) bond motifs is 4. The van der Waals surface area contributed by atoms with Crippen molar-refractivity contribution in [3.63, 3.8) is 0 Å². The van der Waals surface area contributed by atoms with E-state index in [4.69, 9.17) is 4.98 Å². The van der Waals surface area contributed by atoms with Gasteiger partial charge in [-0.3, -0.25) is 4.79 Å². The lowest BCUT2D eigenvalue weighted by atomic mass is 10.0. The van der Waals surface area contributed by atoms with Crippen molar-refractivity contribution < 1.29 is 0 Å². The summed E-state index contributed by atoms with van der Waals surface area (Å²) in [6.07, 6.45) is 0. The van der Waals surface area contributed by atoms with Gasteiger partial charge in [0.1, 0.15) is 0 Å². The molecule has 0 saturated carbocycles. The summed E-state index contributed by atoms with van der Waals surface area (Å²) in [7, 11) is 0. The van der Waals surface area contributed by atoms with E-state index in [0.717, 1.165) is 32.0 Å². The maximum atomic E-state index is 13.4. The van der Waals surface area contributed by atoms with Crippen LogP contribution in [0.5, 0.6) is 0 Å². The van der Waals surface area contributed by atoms with Crippen molar-refractivity contribution in [2.45, 2.75) is 0 Å². The van der Waals surface area contributed by atoms with Crippen LogP contribution in [-0.4, -0.2) is 9.97 Å². The Kier molecular flexibility index (Phi) is 3.40. The van der Waals surface area contributed by atoms with E-state index in [1.54, 1.807) is 0 Å². The van der Waals surface area contributed by atoms with Crippen LogP contribution in [0.15, 0.2) is 82.1 Å². The maximum Gasteiger partial charge on any atom is 0.197 e. The Hall–Kier alpha value is -2.98. The zero-order valence-corrected chi connectivity index (χ0v) is 15.2. The number of benzene rings is 3. The van der Waals surface area contributed by atoms with Gasteiger partial charge in [0.25, 0.3) is 0 Å². The molecular formula is C22H13BrN2O. The molecule has 2 aromatic heterocycles. The highest BCUT2D eigenvalue weighted by Gasteiger charge is 2.15. The number of H-pyrrole nitrogens is 1. The van der Waals surface area contributed by atoms with Crippen molar-refractivity contribution in [3.8, 4) is 11.1 Å². The molecule has 3 aromatic carbocycles. The van der Waals surface area contributed by atoms with Crippen LogP contribution in [0.4, 0.5) is 0 Å². The lowest BCUT2D eigenvalue weighted by molar-refractivity contribution is 1.51. The first-order chi connectivity index (χ1) is 12.7. The van der Waals surface area contributed by atoms with E-state index in [2.05, 4.69) is 20.9 Å². The molecule has 5 rings (SSSR count). The predicted molar refractivity (Wildman–Crippen MR) is 111 cm³/mol. The third-order valence-corrected chi connectivity index (χ3v) is 5.20. The van der Waals surface area contributed by atoms with Crippen molar-refractivity contribution in [3.05, 3.63) is 87.5 Å². The first-order valence-electron chi connectivity index (χ1n) is 8.32. The molecule has 0 spiro atoms. The molecule has 0 aliphatic heterocycles. The van der Waals surface area contributed by atoms with Crippen LogP contribution in [0.3, 0.4) is 0 Å². The van der Waals surface area contributed by atoms with Crippen molar-refractivity contribution in [2.24, 2.45) is 0 Å². The fraction of sp³-hybridized carbons (Fsp3) is 0. The number of hydrogen-bond acceptors (Lipinski definition) is 2. The van der Waals surface area contributed by atoms with E-state index in [1.807, 2.05) is 72.8 Å². The van der Waals surface area contributed by atoms with Crippen molar-refractivity contribution >= 4 is 48.8 Å². The highest BCUT2D eigenvalue weighted by molar-refractivity contribution is 9.10. The topological polar surface area (TPSA) is 45.8 Å². The molecule has 0 aliphatic carbocycles. The Bertz CT molecular complexity index is 1350. The van der Waals surface area contributed by atoms with Crippen molar-refractivity contribution in [1.82, 2.24) is 9.97 Å². The lowest BCUT2D eigenvalue weighted by Crippen LogP contribution is -2.02.